The van der Waals surface area contributed by atoms with Crippen LogP contribution in [0, 0.1) is 0 Å². The molecule has 0 aromatic heterocycles. The van der Waals surface area contributed by atoms with Gasteiger partial charge >= 0.3 is 0 Å². The first-order valence-electron chi connectivity index (χ1n) is 3.61. The van der Waals surface area contributed by atoms with Gasteiger partial charge in [-0.3, -0.25) is 9.00 Å². The van der Waals surface area contributed by atoms with E-state index in [9.17, 15) is 9.00 Å². The molecular weight excluding hydrogens is 162 g/mol. The van der Waals surface area contributed by atoms with Crippen LogP contribution in [0.15, 0.2) is 0 Å². The zero-order valence-corrected chi connectivity index (χ0v) is 8.03. The number of hydrogen-bond acceptors (Lipinski definition) is 2. The summed E-state index contributed by atoms with van der Waals surface area (Å²) >= 11 is 0. The third-order valence-corrected chi connectivity index (χ3v) is 3.67. The Morgan fingerprint density at radius 3 is 2.27 bits per heavy atom. The number of carbonyl (C=O) groups excluding carboxylic acids is 1. The van der Waals surface area contributed by atoms with Crippen LogP contribution in [-0.4, -0.2) is 20.6 Å². The van der Waals surface area contributed by atoms with Crippen molar-refractivity contribution in [1.29, 1.82) is 0 Å². The van der Waals surface area contributed by atoms with Crippen molar-refractivity contribution < 1.29 is 9.00 Å². The number of primary amides is 1. The van der Waals surface area contributed by atoms with Crippen LogP contribution in [0.25, 0.3) is 0 Å². The molecule has 0 saturated heterocycles. The van der Waals surface area contributed by atoms with Gasteiger partial charge in [-0.1, -0.05) is 6.92 Å². The second kappa shape index (κ2) is 3.85. The highest BCUT2D eigenvalue weighted by atomic mass is 32.2. The lowest BCUT2D eigenvalue weighted by Gasteiger charge is -2.18. The van der Waals surface area contributed by atoms with Crippen molar-refractivity contribution in [3.05, 3.63) is 0 Å². The molecule has 0 radical (unpaired) electrons. The van der Waals surface area contributed by atoms with Crippen LogP contribution in [0.4, 0.5) is 0 Å². The molecule has 4 heteroatoms. The van der Waals surface area contributed by atoms with Crippen LogP contribution in [-0.2, 0) is 15.6 Å². The molecule has 0 aliphatic heterocycles. The molecule has 0 unspecified atom stereocenters. The average molecular weight is 177 g/mol. The summed E-state index contributed by atoms with van der Waals surface area (Å²) in [4.78, 5) is 10.8. The molecule has 11 heavy (non-hydrogen) atoms. The third kappa shape index (κ3) is 2.61. The van der Waals surface area contributed by atoms with Crippen LogP contribution < -0.4 is 5.73 Å². The van der Waals surface area contributed by atoms with Gasteiger partial charge < -0.3 is 5.73 Å². The van der Waals surface area contributed by atoms with Gasteiger partial charge in [-0.25, -0.2) is 0 Å². The molecule has 3 nitrogen and oxygen atoms in total. The molecule has 2 N–H and O–H groups in total. The maximum atomic E-state index is 11.3. The minimum absolute atomic E-state index is 0.496. The van der Waals surface area contributed by atoms with Crippen molar-refractivity contribution in [2.24, 2.45) is 5.73 Å². The van der Waals surface area contributed by atoms with Crippen LogP contribution in [0.2, 0.25) is 0 Å². The van der Waals surface area contributed by atoms with E-state index < -0.39 is 21.5 Å². The number of rotatable bonds is 4. The molecule has 66 valence electrons. The normalized spacial score (nSPS) is 14.5. The summed E-state index contributed by atoms with van der Waals surface area (Å²) < 4.78 is 10.4. The SMILES string of the molecule is CCC[S@](=O)C(C)(C)C(N)=O. The number of hydrogen-bond donors (Lipinski definition) is 1. The molecular formula is C7H15NO2S. The maximum Gasteiger partial charge on any atom is 0.235 e. The molecule has 1 atom stereocenters. The lowest BCUT2D eigenvalue weighted by molar-refractivity contribution is -0.119. The second-order valence-corrected chi connectivity index (χ2v) is 5.04. The Balaban J connectivity index is 4.30. The highest BCUT2D eigenvalue weighted by molar-refractivity contribution is 7.87. The zero-order valence-electron chi connectivity index (χ0n) is 7.22. The molecule has 0 saturated carbocycles. The number of carbonyl (C=O) groups is 1. The largest absolute Gasteiger partial charge is 0.368 e. The predicted molar refractivity (Wildman–Crippen MR) is 46.6 cm³/mol. The molecule has 0 fully saturated rings. The lowest BCUT2D eigenvalue weighted by atomic mass is 10.2. The minimum Gasteiger partial charge on any atom is -0.368 e. The summed E-state index contributed by atoms with van der Waals surface area (Å²) in [6.45, 7) is 5.15. The fraction of sp³-hybridized carbons (Fsp3) is 0.857. The minimum atomic E-state index is -1.14. The van der Waals surface area contributed by atoms with Gasteiger partial charge in [-0.15, -0.1) is 0 Å². The van der Waals surface area contributed by atoms with E-state index >= 15 is 0 Å². The van der Waals surface area contributed by atoms with Gasteiger partial charge in [0.1, 0.15) is 4.75 Å². The van der Waals surface area contributed by atoms with E-state index in [1.54, 1.807) is 13.8 Å². The number of amides is 1. The summed E-state index contributed by atoms with van der Waals surface area (Å²) in [5.41, 5.74) is 5.07. The molecule has 0 heterocycles. The zero-order chi connectivity index (χ0) is 9.07. The Bertz CT molecular complexity index is 177. The van der Waals surface area contributed by atoms with E-state index in [-0.39, 0.29) is 0 Å². The number of nitrogens with two attached hydrogens (primary N) is 1. The highest BCUT2D eigenvalue weighted by Gasteiger charge is 2.31. The molecule has 0 aliphatic carbocycles. The molecule has 0 spiro atoms. The first kappa shape index (κ1) is 10.6. The van der Waals surface area contributed by atoms with E-state index in [1.165, 1.54) is 0 Å². The van der Waals surface area contributed by atoms with Gasteiger partial charge in [0, 0.05) is 16.6 Å². The van der Waals surface area contributed by atoms with Crippen LogP contribution in [0.3, 0.4) is 0 Å². The van der Waals surface area contributed by atoms with Gasteiger partial charge in [0.05, 0.1) is 0 Å². The molecule has 0 aromatic rings. The van der Waals surface area contributed by atoms with Crippen LogP contribution in [0.1, 0.15) is 27.2 Å². The highest BCUT2D eigenvalue weighted by Crippen LogP contribution is 2.12. The summed E-state index contributed by atoms with van der Waals surface area (Å²) in [7, 11) is -1.14. The Morgan fingerprint density at radius 2 is 2.00 bits per heavy atom. The third-order valence-electron chi connectivity index (χ3n) is 1.55. The molecule has 0 aliphatic rings. The van der Waals surface area contributed by atoms with Gasteiger partial charge in [-0.2, -0.15) is 0 Å². The Kier molecular flexibility index (Phi) is 3.72. The summed E-state index contributed by atoms with van der Waals surface area (Å²) in [6, 6.07) is 0. The first-order valence-corrected chi connectivity index (χ1v) is 4.93. The monoisotopic (exact) mass is 177 g/mol. The van der Waals surface area contributed by atoms with Gasteiger partial charge in [0.2, 0.25) is 5.91 Å². The van der Waals surface area contributed by atoms with Crippen molar-refractivity contribution in [3.8, 4) is 0 Å². The van der Waals surface area contributed by atoms with Crippen molar-refractivity contribution in [2.75, 3.05) is 5.75 Å². The predicted octanol–water partition coefficient (Wildman–Crippen LogP) is 0.409. The van der Waals surface area contributed by atoms with Crippen molar-refractivity contribution in [1.82, 2.24) is 0 Å². The van der Waals surface area contributed by atoms with Crippen molar-refractivity contribution in [3.63, 3.8) is 0 Å². The van der Waals surface area contributed by atoms with E-state index in [2.05, 4.69) is 0 Å². The fourth-order valence-corrected chi connectivity index (χ4v) is 1.66. The second-order valence-electron chi connectivity index (χ2n) is 2.92. The summed E-state index contributed by atoms with van der Waals surface area (Å²) in [5, 5.41) is 0. The quantitative estimate of drug-likeness (QED) is 0.676. The fourth-order valence-electron chi connectivity index (χ4n) is 0.553. The standard InChI is InChI=1S/C7H15NO2S/c1-4-5-11(10)7(2,3)6(8)9/h4-5H2,1-3H3,(H2,8,9)/t11-/m0/s1. The summed E-state index contributed by atoms with van der Waals surface area (Å²) in [5.74, 6) is 0.0416. The van der Waals surface area contributed by atoms with Gasteiger partial charge in [0.25, 0.3) is 0 Å². The van der Waals surface area contributed by atoms with E-state index in [0.29, 0.717) is 5.75 Å². The van der Waals surface area contributed by atoms with Crippen molar-refractivity contribution in [2.45, 2.75) is 31.9 Å². The average Bonchev–Trinajstić information content (AvgIpc) is 1.88. The maximum absolute atomic E-state index is 11.3. The van der Waals surface area contributed by atoms with Crippen LogP contribution in [0.5, 0.6) is 0 Å². The molecule has 0 rings (SSSR count). The Hall–Kier alpha value is -0.380. The smallest absolute Gasteiger partial charge is 0.235 e. The van der Waals surface area contributed by atoms with Gasteiger partial charge in [0.15, 0.2) is 0 Å². The van der Waals surface area contributed by atoms with E-state index in [4.69, 9.17) is 5.73 Å². The molecule has 0 aromatic carbocycles. The first-order chi connectivity index (χ1) is 4.92. The lowest BCUT2D eigenvalue weighted by Crippen LogP contribution is -2.42. The van der Waals surface area contributed by atoms with Crippen molar-refractivity contribution >= 4 is 16.7 Å². The van der Waals surface area contributed by atoms with E-state index in [0.717, 1.165) is 6.42 Å². The van der Waals surface area contributed by atoms with Gasteiger partial charge in [-0.05, 0) is 20.3 Å². The summed E-state index contributed by atoms with van der Waals surface area (Å²) in [6.07, 6.45) is 0.809. The Labute approximate surface area is 69.8 Å². The molecule has 0 bridgehead atoms. The molecule has 1 amide bonds. The van der Waals surface area contributed by atoms with E-state index in [1.807, 2.05) is 6.92 Å². The topological polar surface area (TPSA) is 60.2 Å². The van der Waals surface area contributed by atoms with Crippen LogP contribution >= 0.6 is 0 Å². The Morgan fingerprint density at radius 1 is 1.55 bits per heavy atom.